The van der Waals surface area contributed by atoms with Crippen LogP contribution in [0.2, 0.25) is 0 Å². The summed E-state index contributed by atoms with van der Waals surface area (Å²) in [6.45, 7) is 2.37. The number of fused-ring (bicyclic) bond motifs is 3. The molecule has 0 saturated heterocycles. The second-order valence-corrected chi connectivity index (χ2v) is 9.47. The number of nitrogens with zero attached hydrogens (tertiary/aromatic N) is 4. The molecule has 0 saturated carbocycles. The number of methoxy groups -OCH3 is 1. The summed E-state index contributed by atoms with van der Waals surface area (Å²) in [4.78, 5) is 48.3. The molecule has 12 heteroatoms. The van der Waals surface area contributed by atoms with Crippen molar-refractivity contribution in [3.05, 3.63) is 83.9 Å². The van der Waals surface area contributed by atoms with Crippen molar-refractivity contribution in [1.82, 2.24) is 35.3 Å². The molecule has 1 aliphatic heterocycles. The van der Waals surface area contributed by atoms with Gasteiger partial charge < -0.3 is 30.0 Å². The smallest absolute Gasteiger partial charge is 0.255 e. The fourth-order valence-corrected chi connectivity index (χ4v) is 4.54. The predicted molar refractivity (Wildman–Crippen MR) is 150 cm³/mol. The number of aromatic nitrogens is 4. The van der Waals surface area contributed by atoms with E-state index in [1.807, 2.05) is 37.3 Å². The van der Waals surface area contributed by atoms with Gasteiger partial charge >= 0.3 is 0 Å². The zero-order valence-corrected chi connectivity index (χ0v) is 22.8. The van der Waals surface area contributed by atoms with E-state index in [4.69, 9.17) is 14.5 Å². The van der Waals surface area contributed by atoms with Gasteiger partial charge in [-0.15, -0.1) is 0 Å². The topological polar surface area (TPSA) is 143 Å². The lowest BCUT2D eigenvalue weighted by Crippen LogP contribution is -2.45. The van der Waals surface area contributed by atoms with Crippen molar-refractivity contribution in [2.75, 3.05) is 33.4 Å². The summed E-state index contributed by atoms with van der Waals surface area (Å²) in [7, 11) is 1.53. The normalized spacial score (nSPS) is 16.5. The highest BCUT2D eigenvalue weighted by atomic mass is 16.5. The lowest BCUT2D eigenvalue weighted by molar-refractivity contribution is -0.122. The Bertz CT molecular complexity index is 1520. The van der Waals surface area contributed by atoms with E-state index in [-0.39, 0.29) is 44.0 Å². The summed E-state index contributed by atoms with van der Waals surface area (Å²) in [5, 5.41) is 10.4. The first-order chi connectivity index (χ1) is 19.9. The number of aromatic amines is 1. The second kappa shape index (κ2) is 12.4. The third kappa shape index (κ3) is 6.38. The first kappa shape index (κ1) is 27.4. The number of nitrogens with one attached hydrogen (secondary N) is 3. The quantitative estimate of drug-likeness (QED) is 0.351. The molecule has 1 atom stereocenters. The van der Waals surface area contributed by atoms with Crippen molar-refractivity contribution in [3.63, 3.8) is 0 Å². The molecule has 3 amide bonds. The molecule has 3 heterocycles. The van der Waals surface area contributed by atoms with Gasteiger partial charge in [0.15, 0.2) is 17.3 Å². The lowest BCUT2D eigenvalue weighted by Gasteiger charge is -2.23. The van der Waals surface area contributed by atoms with E-state index in [0.29, 0.717) is 40.8 Å². The van der Waals surface area contributed by atoms with Gasteiger partial charge in [0.2, 0.25) is 5.91 Å². The fourth-order valence-electron chi connectivity index (χ4n) is 4.54. The summed E-state index contributed by atoms with van der Waals surface area (Å²) < 4.78 is 13.1. The van der Waals surface area contributed by atoms with Gasteiger partial charge in [0.1, 0.15) is 12.4 Å². The van der Waals surface area contributed by atoms with Gasteiger partial charge in [0, 0.05) is 36.6 Å². The van der Waals surface area contributed by atoms with Crippen LogP contribution in [0, 0.1) is 0 Å². The first-order valence-corrected chi connectivity index (χ1v) is 13.2. The zero-order valence-electron chi connectivity index (χ0n) is 22.8. The number of ether oxygens (including phenoxy) is 2. The molecule has 1 aliphatic rings. The van der Waals surface area contributed by atoms with E-state index < -0.39 is 6.04 Å². The van der Waals surface area contributed by atoms with Crippen LogP contribution in [0.4, 0.5) is 0 Å². The van der Waals surface area contributed by atoms with Crippen LogP contribution in [0.5, 0.6) is 11.5 Å². The molecule has 4 aromatic rings. The van der Waals surface area contributed by atoms with Crippen molar-refractivity contribution in [1.29, 1.82) is 0 Å². The summed E-state index contributed by atoms with van der Waals surface area (Å²) in [5.74, 6) is 0.867. The number of carbonyl (C=O) groups is 3. The largest absolute Gasteiger partial charge is 0.493 e. The molecule has 41 heavy (non-hydrogen) atoms. The number of rotatable bonds is 3. The number of carbonyl (C=O) groups excluding carboxylic acids is 3. The van der Waals surface area contributed by atoms with E-state index in [0.717, 1.165) is 5.56 Å². The highest BCUT2D eigenvalue weighted by molar-refractivity contribution is 5.97. The standard InChI is InChI=1S/C29H31N7O5/c1-19-27-33-26(20-6-4-3-5-7-20)34-36(27)14-15-41-24-16-21(8-9-23(24)40-2)28(38)31-12-13-35(18-25(37)32-19)29(39)22-10-11-30-17-22/h3-11,16-17,19,30H,12-15,18H2,1-2H3,(H,31,38)(H,32,37)/t19-/m1/s1. The van der Waals surface area contributed by atoms with Gasteiger partial charge in [-0.05, 0) is 31.2 Å². The SMILES string of the molecule is COc1ccc2cc1OCCn1nc(-c3ccccc3)nc1[C@@H](C)NC(=O)CN(C(=O)c1cc[nH]c1)CCNC2=O. The van der Waals surface area contributed by atoms with Crippen LogP contribution in [0.15, 0.2) is 67.0 Å². The van der Waals surface area contributed by atoms with Crippen LogP contribution in [-0.2, 0) is 11.3 Å². The fraction of sp³-hybridized carbons (Fsp3) is 0.276. The Morgan fingerprint density at radius 2 is 1.90 bits per heavy atom. The molecule has 2 bridgehead atoms. The van der Waals surface area contributed by atoms with Gasteiger partial charge in [-0.25, -0.2) is 9.67 Å². The predicted octanol–water partition coefficient (Wildman–Crippen LogP) is 2.42. The number of amides is 3. The second-order valence-electron chi connectivity index (χ2n) is 9.47. The molecule has 0 radical (unpaired) electrons. The molecule has 0 unspecified atom stereocenters. The first-order valence-electron chi connectivity index (χ1n) is 13.2. The summed E-state index contributed by atoms with van der Waals surface area (Å²) in [6, 6.07) is 15.6. The third-order valence-electron chi connectivity index (χ3n) is 6.62. The van der Waals surface area contributed by atoms with Gasteiger partial charge in [-0.2, -0.15) is 5.10 Å². The van der Waals surface area contributed by atoms with Crippen molar-refractivity contribution in [2.24, 2.45) is 0 Å². The highest BCUT2D eigenvalue weighted by Crippen LogP contribution is 2.28. The minimum absolute atomic E-state index is 0.116. The van der Waals surface area contributed by atoms with Crippen LogP contribution in [0.25, 0.3) is 11.4 Å². The number of hydrogen-bond acceptors (Lipinski definition) is 7. The zero-order chi connectivity index (χ0) is 28.8. The van der Waals surface area contributed by atoms with E-state index in [9.17, 15) is 14.4 Å². The average Bonchev–Trinajstić information content (AvgIpc) is 3.67. The summed E-state index contributed by atoms with van der Waals surface area (Å²) in [5.41, 5.74) is 1.61. The molecule has 212 valence electrons. The molecule has 0 aliphatic carbocycles. The molecular weight excluding hydrogens is 526 g/mol. The van der Waals surface area contributed by atoms with Gasteiger partial charge in [-0.1, -0.05) is 30.3 Å². The van der Waals surface area contributed by atoms with Crippen molar-refractivity contribution >= 4 is 17.7 Å². The molecule has 3 N–H and O–H groups in total. The van der Waals surface area contributed by atoms with E-state index in [1.54, 1.807) is 41.3 Å². The maximum absolute atomic E-state index is 13.2. The Labute approximate surface area is 236 Å². The monoisotopic (exact) mass is 557 g/mol. The van der Waals surface area contributed by atoms with E-state index in [2.05, 4.69) is 20.7 Å². The van der Waals surface area contributed by atoms with Gasteiger partial charge in [-0.3, -0.25) is 14.4 Å². The molecule has 0 fully saturated rings. The Balaban J connectivity index is 1.48. The van der Waals surface area contributed by atoms with Crippen molar-refractivity contribution in [2.45, 2.75) is 19.5 Å². The number of H-pyrrole nitrogens is 1. The average molecular weight is 558 g/mol. The van der Waals surface area contributed by atoms with Gasteiger partial charge in [0.25, 0.3) is 11.8 Å². The number of hydrogen-bond donors (Lipinski definition) is 3. The maximum atomic E-state index is 13.2. The molecule has 12 nitrogen and oxygen atoms in total. The lowest BCUT2D eigenvalue weighted by atomic mass is 10.2. The Hall–Kier alpha value is -5.13. The molecule has 0 spiro atoms. The Kier molecular flexibility index (Phi) is 8.28. The minimum Gasteiger partial charge on any atom is -0.493 e. The molecule has 5 rings (SSSR count). The minimum atomic E-state index is -0.523. The summed E-state index contributed by atoms with van der Waals surface area (Å²) >= 11 is 0. The van der Waals surface area contributed by atoms with E-state index >= 15 is 0 Å². The highest BCUT2D eigenvalue weighted by Gasteiger charge is 2.24. The molecular formula is C29H31N7O5. The number of benzene rings is 2. The van der Waals surface area contributed by atoms with E-state index in [1.165, 1.54) is 12.0 Å². The van der Waals surface area contributed by atoms with Crippen molar-refractivity contribution < 1.29 is 23.9 Å². The van der Waals surface area contributed by atoms with Gasteiger partial charge in [0.05, 0.1) is 31.8 Å². The van der Waals surface area contributed by atoms with Crippen LogP contribution >= 0.6 is 0 Å². The van der Waals surface area contributed by atoms with Crippen LogP contribution < -0.4 is 20.1 Å². The Morgan fingerprint density at radius 3 is 2.66 bits per heavy atom. The van der Waals surface area contributed by atoms with Crippen LogP contribution in [0.3, 0.4) is 0 Å². The maximum Gasteiger partial charge on any atom is 0.255 e. The third-order valence-corrected chi connectivity index (χ3v) is 6.62. The molecule has 2 aromatic carbocycles. The molecule has 2 aromatic heterocycles. The summed E-state index contributed by atoms with van der Waals surface area (Å²) in [6.07, 6.45) is 3.20. The van der Waals surface area contributed by atoms with Crippen LogP contribution in [0.1, 0.15) is 39.5 Å². The van der Waals surface area contributed by atoms with Crippen LogP contribution in [-0.4, -0.2) is 75.7 Å². The Morgan fingerprint density at radius 1 is 1.07 bits per heavy atom. The van der Waals surface area contributed by atoms with Crippen molar-refractivity contribution in [3.8, 4) is 22.9 Å².